The number of benzene rings is 3. The number of carbonyl (C=O) groups excluding carboxylic acids is 3. The highest BCUT2D eigenvalue weighted by Gasteiger charge is 2.38. The van der Waals surface area contributed by atoms with E-state index in [0.717, 1.165) is 10.5 Å². The Kier molecular flexibility index (Phi) is 8.06. The molecule has 11 heteroatoms. The number of halogens is 3. The van der Waals surface area contributed by atoms with Crippen molar-refractivity contribution in [2.24, 2.45) is 0 Å². The van der Waals surface area contributed by atoms with Gasteiger partial charge in [0.15, 0.2) is 0 Å². The summed E-state index contributed by atoms with van der Waals surface area (Å²) in [6.45, 7) is 0.199. The molecular formula is C26H19BrCl2N2O6. The van der Waals surface area contributed by atoms with E-state index in [2.05, 4.69) is 21.2 Å². The first kappa shape index (κ1) is 26.5. The highest BCUT2D eigenvalue weighted by Crippen LogP contribution is 2.39. The summed E-state index contributed by atoms with van der Waals surface area (Å²) >= 11 is 15.6. The van der Waals surface area contributed by atoms with Crippen LogP contribution in [-0.2, 0) is 16.2 Å². The minimum atomic E-state index is -0.943. The molecule has 0 atom stereocenters. The standard InChI is InChI=1S/C26H19BrCl2N2O6/c1-35-22-12-20(23(36-2)11-19(22)29)31-25(33)18(24(32)30-26(31)34)10-15-9-16(27)6-7-21(15)37-13-14-4-3-5-17(28)8-14/h3-12H,13H2,1-2H3,(H,30,32,34)/b18-10+. The van der Waals surface area contributed by atoms with Crippen LogP contribution in [0.15, 0.2) is 64.6 Å². The van der Waals surface area contributed by atoms with Gasteiger partial charge in [-0.15, -0.1) is 0 Å². The molecule has 3 aromatic carbocycles. The van der Waals surface area contributed by atoms with Gasteiger partial charge in [-0.25, -0.2) is 9.69 Å². The quantitative estimate of drug-likeness (QED) is 0.261. The number of carbonyl (C=O) groups is 3. The number of nitrogens with one attached hydrogen (secondary N) is 1. The summed E-state index contributed by atoms with van der Waals surface area (Å²) in [5.41, 5.74) is 1.03. The lowest BCUT2D eigenvalue weighted by Crippen LogP contribution is -2.54. The highest BCUT2D eigenvalue weighted by molar-refractivity contribution is 9.10. The van der Waals surface area contributed by atoms with Crippen molar-refractivity contribution in [2.45, 2.75) is 6.61 Å². The van der Waals surface area contributed by atoms with Gasteiger partial charge in [0.25, 0.3) is 11.8 Å². The van der Waals surface area contributed by atoms with Crippen molar-refractivity contribution in [2.75, 3.05) is 19.1 Å². The number of anilines is 1. The minimum Gasteiger partial charge on any atom is -0.495 e. The van der Waals surface area contributed by atoms with Crippen LogP contribution in [-0.4, -0.2) is 32.1 Å². The first-order chi connectivity index (χ1) is 17.7. The lowest BCUT2D eigenvalue weighted by molar-refractivity contribution is -0.122. The van der Waals surface area contributed by atoms with Crippen LogP contribution in [0.2, 0.25) is 10.0 Å². The third-order valence-electron chi connectivity index (χ3n) is 5.35. The first-order valence-electron chi connectivity index (χ1n) is 10.7. The Balaban J connectivity index is 1.73. The molecule has 1 N–H and O–H groups in total. The van der Waals surface area contributed by atoms with Crippen molar-refractivity contribution in [3.8, 4) is 17.2 Å². The second kappa shape index (κ2) is 11.2. The number of barbiturate groups is 1. The molecule has 0 spiro atoms. The topological polar surface area (TPSA) is 94.2 Å². The van der Waals surface area contributed by atoms with Gasteiger partial charge in [0, 0.05) is 27.2 Å². The molecule has 4 rings (SSSR count). The van der Waals surface area contributed by atoms with Crippen LogP contribution in [0.5, 0.6) is 17.2 Å². The molecule has 0 aromatic heterocycles. The molecule has 0 radical (unpaired) electrons. The molecule has 190 valence electrons. The fourth-order valence-electron chi connectivity index (χ4n) is 3.60. The molecule has 8 nitrogen and oxygen atoms in total. The molecule has 1 aliphatic rings. The number of imide groups is 2. The second-order valence-corrected chi connectivity index (χ2v) is 9.48. The normalized spacial score (nSPS) is 14.6. The zero-order chi connectivity index (χ0) is 26.7. The highest BCUT2D eigenvalue weighted by atomic mass is 79.9. The van der Waals surface area contributed by atoms with Gasteiger partial charge in [0.1, 0.15) is 29.4 Å². The molecular weight excluding hydrogens is 587 g/mol. The number of urea groups is 1. The minimum absolute atomic E-state index is 0.0522. The van der Waals surface area contributed by atoms with Gasteiger partial charge in [-0.2, -0.15) is 0 Å². The Morgan fingerprint density at radius 1 is 0.946 bits per heavy atom. The van der Waals surface area contributed by atoms with Crippen molar-refractivity contribution >= 4 is 68.7 Å². The second-order valence-electron chi connectivity index (χ2n) is 7.72. The summed E-state index contributed by atoms with van der Waals surface area (Å²) in [5.74, 6) is -0.963. The lowest BCUT2D eigenvalue weighted by atomic mass is 10.1. The Labute approximate surface area is 230 Å². The smallest absolute Gasteiger partial charge is 0.336 e. The van der Waals surface area contributed by atoms with Gasteiger partial charge in [-0.05, 0) is 42.0 Å². The maximum atomic E-state index is 13.5. The van der Waals surface area contributed by atoms with E-state index in [1.54, 1.807) is 30.3 Å². The molecule has 3 aromatic rings. The average molecular weight is 606 g/mol. The van der Waals surface area contributed by atoms with E-state index >= 15 is 0 Å². The Morgan fingerprint density at radius 3 is 2.41 bits per heavy atom. The molecule has 1 heterocycles. The van der Waals surface area contributed by atoms with E-state index in [1.807, 2.05) is 12.1 Å². The molecule has 37 heavy (non-hydrogen) atoms. The molecule has 1 saturated heterocycles. The fraction of sp³-hybridized carbons (Fsp3) is 0.115. The van der Waals surface area contributed by atoms with Crippen LogP contribution < -0.4 is 24.4 Å². The van der Waals surface area contributed by atoms with Crippen molar-refractivity contribution in [3.05, 3.63) is 85.8 Å². The van der Waals surface area contributed by atoms with Gasteiger partial charge < -0.3 is 14.2 Å². The van der Waals surface area contributed by atoms with Crippen LogP contribution in [0, 0.1) is 0 Å². The predicted octanol–water partition coefficient (Wildman–Crippen LogP) is 6.02. The summed E-state index contributed by atoms with van der Waals surface area (Å²) in [6.07, 6.45) is 1.36. The third-order valence-corrected chi connectivity index (χ3v) is 6.37. The predicted molar refractivity (Wildman–Crippen MR) is 143 cm³/mol. The van der Waals surface area contributed by atoms with Crippen molar-refractivity contribution < 1.29 is 28.6 Å². The monoisotopic (exact) mass is 604 g/mol. The van der Waals surface area contributed by atoms with E-state index in [-0.39, 0.29) is 34.4 Å². The van der Waals surface area contributed by atoms with Crippen molar-refractivity contribution in [3.63, 3.8) is 0 Å². The lowest BCUT2D eigenvalue weighted by Gasteiger charge is -2.28. The molecule has 0 unspecified atom stereocenters. The molecule has 0 bridgehead atoms. The summed E-state index contributed by atoms with van der Waals surface area (Å²) in [5, 5.41) is 2.98. The third kappa shape index (κ3) is 5.74. The Bertz CT molecular complexity index is 1440. The Hall–Kier alpha value is -3.53. The molecule has 1 fully saturated rings. The number of amides is 4. The zero-order valence-corrected chi connectivity index (χ0v) is 22.6. The van der Waals surface area contributed by atoms with Crippen LogP contribution in [0.25, 0.3) is 6.08 Å². The van der Waals surface area contributed by atoms with E-state index < -0.39 is 17.8 Å². The SMILES string of the molecule is COc1cc(N2C(=O)NC(=O)/C(=C\c3cc(Br)ccc3OCc3cccc(Cl)c3)C2=O)c(OC)cc1Cl. The van der Waals surface area contributed by atoms with Crippen molar-refractivity contribution in [1.82, 2.24) is 5.32 Å². The number of hydrogen-bond donors (Lipinski definition) is 1. The van der Waals surface area contributed by atoms with Crippen LogP contribution in [0.1, 0.15) is 11.1 Å². The van der Waals surface area contributed by atoms with Crippen LogP contribution in [0.4, 0.5) is 10.5 Å². The van der Waals surface area contributed by atoms with E-state index in [4.69, 9.17) is 37.4 Å². The number of nitrogens with zero attached hydrogens (tertiary/aromatic N) is 1. The van der Waals surface area contributed by atoms with Gasteiger partial charge >= 0.3 is 6.03 Å². The number of hydrogen-bond acceptors (Lipinski definition) is 6. The molecule has 0 aliphatic carbocycles. The van der Waals surface area contributed by atoms with E-state index in [0.29, 0.717) is 20.8 Å². The summed E-state index contributed by atoms with van der Waals surface area (Å²) in [4.78, 5) is 39.8. The first-order valence-corrected chi connectivity index (χ1v) is 12.3. The van der Waals surface area contributed by atoms with Crippen LogP contribution >= 0.6 is 39.1 Å². The maximum absolute atomic E-state index is 13.5. The van der Waals surface area contributed by atoms with Gasteiger partial charge in [0.05, 0.1) is 24.9 Å². The largest absolute Gasteiger partial charge is 0.495 e. The van der Waals surface area contributed by atoms with Gasteiger partial charge in [-0.1, -0.05) is 51.3 Å². The summed E-state index contributed by atoms with van der Waals surface area (Å²) < 4.78 is 17.2. The Morgan fingerprint density at radius 2 is 1.70 bits per heavy atom. The number of rotatable bonds is 7. The van der Waals surface area contributed by atoms with E-state index in [9.17, 15) is 14.4 Å². The summed E-state index contributed by atoms with van der Waals surface area (Å²) in [6, 6.07) is 14.2. The maximum Gasteiger partial charge on any atom is 0.336 e. The van der Waals surface area contributed by atoms with Gasteiger partial charge in [-0.3, -0.25) is 14.9 Å². The van der Waals surface area contributed by atoms with Crippen LogP contribution in [0.3, 0.4) is 0 Å². The molecule has 1 aliphatic heterocycles. The van der Waals surface area contributed by atoms with Gasteiger partial charge in [0.2, 0.25) is 0 Å². The molecule has 4 amide bonds. The zero-order valence-electron chi connectivity index (χ0n) is 19.5. The number of methoxy groups -OCH3 is 2. The fourth-order valence-corrected chi connectivity index (χ4v) is 4.42. The average Bonchev–Trinajstić information content (AvgIpc) is 2.86. The number of ether oxygens (including phenoxy) is 3. The molecule has 0 saturated carbocycles. The van der Waals surface area contributed by atoms with Crippen molar-refractivity contribution in [1.29, 1.82) is 0 Å². The van der Waals surface area contributed by atoms with E-state index in [1.165, 1.54) is 32.4 Å². The summed E-state index contributed by atoms with van der Waals surface area (Å²) in [7, 11) is 2.75.